The van der Waals surface area contributed by atoms with E-state index < -0.39 is 6.10 Å². The molecule has 0 bridgehead atoms. The van der Waals surface area contributed by atoms with Crippen LogP contribution in [0, 0.1) is 5.82 Å². The van der Waals surface area contributed by atoms with Gasteiger partial charge in [0.05, 0.1) is 6.10 Å². The van der Waals surface area contributed by atoms with Crippen LogP contribution in [-0.4, -0.2) is 24.9 Å². The van der Waals surface area contributed by atoms with Gasteiger partial charge in [-0.3, -0.25) is 0 Å². The second kappa shape index (κ2) is 6.57. The molecule has 4 heteroatoms. The first-order valence-electron chi connectivity index (χ1n) is 5.86. The lowest BCUT2D eigenvalue weighted by molar-refractivity contribution is 0.104. The molecule has 0 radical (unpaired) electrons. The summed E-state index contributed by atoms with van der Waals surface area (Å²) >= 11 is 0. The summed E-state index contributed by atoms with van der Waals surface area (Å²) in [5, 5.41) is 12.3. The molecule has 0 saturated carbocycles. The van der Waals surface area contributed by atoms with Crippen LogP contribution in [0.2, 0.25) is 0 Å². The zero-order valence-electron chi connectivity index (χ0n) is 10.5. The van der Waals surface area contributed by atoms with Crippen LogP contribution in [0.3, 0.4) is 0 Å². The maximum Gasteiger partial charge on any atom is 0.131 e. The van der Waals surface area contributed by atoms with Crippen molar-refractivity contribution in [2.24, 2.45) is 0 Å². The third-order valence-corrected chi connectivity index (χ3v) is 2.79. The lowest BCUT2D eigenvalue weighted by atomic mass is 10.1. The molecule has 2 unspecified atom stereocenters. The van der Waals surface area contributed by atoms with Crippen molar-refractivity contribution >= 4 is 0 Å². The standard InChI is InChI=1S/C13H20FNO2/c1-4-10(16)8-17-11-5-6-12(9(2)15-3)13(14)7-11/h5-7,9-10,15-16H,4,8H2,1-3H3. The van der Waals surface area contributed by atoms with E-state index in [4.69, 9.17) is 4.74 Å². The summed E-state index contributed by atoms with van der Waals surface area (Å²) in [6.07, 6.45) is 0.117. The molecule has 1 aromatic rings. The van der Waals surface area contributed by atoms with Gasteiger partial charge in [0.2, 0.25) is 0 Å². The smallest absolute Gasteiger partial charge is 0.131 e. The maximum atomic E-state index is 13.7. The van der Waals surface area contributed by atoms with Gasteiger partial charge in [-0.25, -0.2) is 4.39 Å². The third-order valence-electron chi connectivity index (χ3n) is 2.79. The molecule has 0 heterocycles. The first-order chi connectivity index (χ1) is 8.08. The van der Waals surface area contributed by atoms with Crippen molar-refractivity contribution in [2.75, 3.05) is 13.7 Å². The van der Waals surface area contributed by atoms with Crippen LogP contribution < -0.4 is 10.1 Å². The molecule has 0 amide bonds. The fraction of sp³-hybridized carbons (Fsp3) is 0.538. The summed E-state index contributed by atoms with van der Waals surface area (Å²) in [7, 11) is 1.78. The Kier molecular flexibility index (Phi) is 5.38. The number of hydrogen-bond acceptors (Lipinski definition) is 3. The Morgan fingerprint density at radius 1 is 1.47 bits per heavy atom. The van der Waals surface area contributed by atoms with Crippen LogP contribution in [0.25, 0.3) is 0 Å². The van der Waals surface area contributed by atoms with Gasteiger partial charge in [-0.05, 0) is 26.5 Å². The highest BCUT2D eigenvalue weighted by atomic mass is 19.1. The van der Waals surface area contributed by atoms with E-state index in [0.717, 1.165) is 0 Å². The van der Waals surface area contributed by atoms with Crippen LogP contribution in [0.5, 0.6) is 5.75 Å². The molecule has 0 fully saturated rings. The zero-order chi connectivity index (χ0) is 12.8. The van der Waals surface area contributed by atoms with Gasteiger partial charge < -0.3 is 15.2 Å². The number of hydrogen-bond donors (Lipinski definition) is 2. The molecular weight excluding hydrogens is 221 g/mol. The number of halogens is 1. The van der Waals surface area contributed by atoms with E-state index in [1.54, 1.807) is 19.2 Å². The Morgan fingerprint density at radius 3 is 2.71 bits per heavy atom. The van der Waals surface area contributed by atoms with E-state index >= 15 is 0 Å². The molecule has 0 aromatic heterocycles. The van der Waals surface area contributed by atoms with Crippen molar-refractivity contribution in [1.29, 1.82) is 0 Å². The Hall–Kier alpha value is -1.13. The molecule has 96 valence electrons. The fourth-order valence-electron chi connectivity index (χ4n) is 1.41. The van der Waals surface area contributed by atoms with E-state index in [1.165, 1.54) is 6.07 Å². The highest BCUT2D eigenvalue weighted by Gasteiger charge is 2.10. The van der Waals surface area contributed by atoms with Crippen molar-refractivity contribution in [3.8, 4) is 5.75 Å². The number of ether oxygens (including phenoxy) is 1. The summed E-state index contributed by atoms with van der Waals surface area (Å²) in [4.78, 5) is 0. The van der Waals surface area contributed by atoms with E-state index in [-0.39, 0.29) is 18.5 Å². The molecule has 0 aliphatic rings. The molecule has 0 aliphatic carbocycles. The lowest BCUT2D eigenvalue weighted by Crippen LogP contribution is -2.17. The predicted octanol–water partition coefficient (Wildman–Crippen LogP) is 2.26. The highest BCUT2D eigenvalue weighted by Crippen LogP contribution is 2.21. The van der Waals surface area contributed by atoms with Crippen LogP contribution >= 0.6 is 0 Å². The average Bonchev–Trinajstić information content (AvgIpc) is 2.35. The van der Waals surface area contributed by atoms with E-state index in [0.29, 0.717) is 17.7 Å². The topological polar surface area (TPSA) is 41.5 Å². The molecule has 17 heavy (non-hydrogen) atoms. The van der Waals surface area contributed by atoms with Crippen LogP contribution in [-0.2, 0) is 0 Å². The Labute approximate surface area is 102 Å². The summed E-state index contributed by atoms with van der Waals surface area (Å²) in [6.45, 7) is 3.95. The van der Waals surface area contributed by atoms with Crippen molar-refractivity contribution in [1.82, 2.24) is 5.32 Å². The molecule has 0 aliphatic heterocycles. The quantitative estimate of drug-likeness (QED) is 0.802. The SMILES string of the molecule is CCC(O)COc1ccc(C(C)NC)c(F)c1. The molecule has 3 nitrogen and oxygen atoms in total. The van der Waals surface area contributed by atoms with Crippen LogP contribution in [0.4, 0.5) is 4.39 Å². The second-order valence-electron chi connectivity index (χ2n) is 4.07. The predicted molar refractivity (Wildman–Crippen MR) is 65.7 cm³/mol. The number of aliphatic hydroxyl groups is 1. The van der Waals surface area contributed by atoms with E-state index in [1.807, 2.05) is 13.8 Å². The highest BCUT2D eigenvalue weighted by molar-refractivity contribution is 5.30. The summed E-state index contributed by atoms with van der Waals surface area (Å²) in [5.74, 6) is 0.150. The molecular formula is C13H20FNO2. The average molecular weight is 241 g/mol. The number of rotatable bonds is 6. The largest absolute Gasteiger partial charge is 0.491 e. The first kappa shape index (κ1) is 13.9. The summed E-state index contributed by atoms with van der Waals surface area (Å²) in [5.41, 5.74) is 0.607. The Morgan fingerprint density at radius 2 is 2.18 bits per heavy atom. The van der Waals surface area contributed by atoms with Gasteiger partial charge in [-0.15, -0.1) is 0 Å². The number of nitrogens with one attached hydrogen (secondary N) is 1. The van der Waals surface area contributed by atoms with Crippen molar-refractivity contribution in [3.63, 3.8) is 0 Å². The molecule has 0 saturated heterocycles. The third kappa shape index (κ3) is 3.98. The van der Waals surface area contributed by atoms with Gasteiger partial charge in [-0.2, -0.15) is 0 Å². The summed E-state index contributed by atoms with van der Waals surface area (Å²) < 4.78 is 19.0. The van der Waals surface area contributed by atoms with Gasteiger partial charge in [0.25, 0.3) is 0 Å². The fourth-order valence-corrected chi connectivity index (χ4v) is 1.41. The van der Waals surface area contributed by atoms with E-state index in [2.05, 4.69) is 5.32 Å². The van der Waals surface area contributed by atoms with Gasteiger partial charge >= 0.3 is 0 Å². The van der Waals surface area contributed by atoms with Crippen molar-refractivity contribution in [2.45, 2.75) is 32.4 Å². The normalized spacial score (nSPS) is 14.4. The number of aliphatic hydroxyl groups excluding tert-OH is 1. The van der Waals surface area contributed by atoms with E-state index in [9.17, 15) is 9.50 Å². The molecule has 2 N–H and O–H groups in total. The molecule has 2 atom stereocenters. The maximum absolute atomic E-state index is 13.7. The molecule has 1 rings (SSSR count). The zero-order valence-corrected chi connectivity index (χ0v) is 10.5. The minimum atomic E-state index is -0.506. The van der Waals surface area contributed by atoms with Gasteiger partial charge in [0, 0.05) is 17.7 Å². The van der Waals surface area contributed by atoms with Crippen LogP contribution in [0.1, 0.15) is 31.9 Å². The van der Waals surface area contributed by atoms with Gasteiger partial charge in [0.1, 0.15) is 18.2 Å². The monoisotopic (exact) mass is 241 g/mol. The summed E-state index contributed by atoms with van der Waals surface area (Å²) in [6, 6.07) is 4.73. The Bertz CT molecular complexity index is 357. The minimum absolute atomic E-state index is 0.0368. The van der Waals surface area contributed by atoms with Crippen molar-refractivity contribution < 1.29 is 14.2 Å². The van der Waals surface area contributed by atoms with Gasteiger partial charge in [0.15, 0.2) is 0 Å². The lowest BCUT2D eigenvalue weighted by Gasteiger charge is -2.14. The molecule has 1 aromatic carbocycles. The molecule has 0 spiro atoms. The van der Waals surface area contributed by atoms with Gasteiger partial charge in [-0.1, -0.05) is 13.0 Å². The second-order valence-corrected chi connectivity index (χ2v) is 4.07. The first-order valence-corrected chi connectivity index (χ1v) is 5.86. The minimum Gasteiger partial charge on any atom is -0.491 e. The van der Waals surface area contributed by atoms with Crippen molar-refractivity contribution in [3.05, 3.63) is 29.6 Å². The Balaban J connectivity index is 2.68. The van der Waals surface area contributed by atoms with Crippen LogP contribution in [0.15, 0.2) is 18.2 Å². The number of benzene rings is 1.